The zero-order valence-corrected chi connectivity index (χ0v) is 8.53. The minimum Gasteiger partial charge on any atom is -0.468 e. The summed E-state index contributed by atoms with van der Waals surface area (Å²) in [5, 5.41) is 3.12. The van der Waals surface area contributed by atoms with E-state index in [1.165, 1.54) is 7.11 Å². The average molecular weight is 194 g/mol. The first-order valence-corrected chi connectivity index (χ1v) is 3.86. The number of nitrogens with one attached hydrogen (secondary N) is 1. The maximum absolute atomic E-state index is 11.0. The van der Waals surface area contributed by atoms with Crippen LogP contribution in [0.25, 0.3) is 0 Å². The molecule has 3 nitrogen and oxygen atoms in total. The second-order valence-electron chi connectivity index (χ2n) is 3.82. The molecular weight excluding hydrogens is 178 g/mol. The molecule has 1 aliphatic heterocycles. The Morgan fingerprint density at radius 2 is 2.17 bits per heavy atom. The molecule has 0 saturated carbocycles. The van der Waals surface area contributed by atoms with Gasteiger partial charge >= 0.3 is 5.97 Å². The van der Waals surface area contributed by atoms with Crippen LogP contribution >= 0.6 is 12.4 Å². The molecule has 1 fully saturated rings. The monoisotopic (exact) mass is 193 g/mol. The second kappa shape index (κ2) is 4.10. The highest BCUT2D eigenvalue weighted by Gasteiger charge is 2.34. The number of halogens is 1. The van der Waals surface area contributed by atoms with Gasteiger partial charge in [-0.2, -0.15) is 0 Å². The standard InChI is InChI=1S/C8H15NO2.ClH/c1-8(2)4-6(9-5-8)7(10)11-3;/h6,9H,4-5H2,1-3H3;1H/t6-;/m0./s1. The van der Waals surface area contributed by atoms with Crippen molar-refractivity contribution in [2.75, 3.05) is 13.7 Å². The van der Waals surface area contributed by atoms with Crippen LogP contribution in [0.15, 0.2) is 0 Å². The number of ether oxygens (including phenoxy) is 1. The highest BCUT2D eigenvalue weighted by molar-refractivity contribution is 5.85. The third-order valence-electron chi connectivity index (χ3n) is 2.07. The van der Waals surface area contributed by atoms with Crippen molar-refractivity contribution < 1.29 is 9.53 Å². The van der Waals surface area contributed by atoms with E-state index < -0.39 is 0 Å². The largest absolute Gasteiger partial charge is 0.468 e. The zero-order chi connectivity index (χ0) is 8.48. The summed E-state index contributed by atoms with van der Waals surface area (Å²) in [5.74, 6) is -0.143. The fraction of sp³-hybridized carbons (Fsp3) is 0.875. The van der Waals surface area contributed by atoms with Gasteiger partial charge in [0.15, 0.2) is 0 Å². The van der Waals surface area contributed by atoms with Gasteiger partial charge < -0.3 is 10.1 Å². The van der Waals surface area contributed by atoms with Gasteiger partial charge in [-0.25, -0.2) is 0 Å². The molecule has 1 rings (SSSR count). The SMILES string of the molecule is COC(=O)[C@@H]1CC(C)(C)CN1.Cl. The number of rotatable bonds is 1. The number of hydrogen-bond acceptors (Lipinski definition) is 3. The maximum atomic E-state index is 11.0. The Hall–Kier alpha value is -0.280. The topological polar surface area (TPSA) is 38.3 Å². The summed E-state index contributed by atoms with van der Waals surface area (Å²) in [7, 11) is 1.43. The molecule has 1 saturated heterocycles. The van der Waals surface area contributed by atoms with Crippen LogP contribution in [-0.4, -0.2) is 25.7 Å². The predicted molar refractivity (Wildman–Crippen MR) is 49.5 cm³/mol. The van der Waals surface area contributed by atoms with Gasteiger partial charge in [0.25, 0.3) is 0 Å². The van der Waals surface area contributed by atoms with Gasteiger partial charge in [0.1, 0.15) is 6.04 Å². The van der Waals surface area contributed by atoms with E-state index in [0.717, 1.165) is 13.0 Å². The highest BCUT2D eigenvalue weighted by atomic mass is 35.5. The lowest BCUT2D eigenvalue weighted by atomic mass is 9.91. The van der Waals surface area contributed by atoms with Crippen LogP contribution in [0.5, 0.6) is 0 Å². The Labute approximate surface area is 79.3 Å². The van der Waals surface area contributed by atoms with Crippen molar-refractivity contribution in [3.05, 3.63) is 0 Å². The third-order valence-corrected chi connectivity index (χ3v) is 2.07. The van der Waals surface area contributed by atoms with Gasteiger partial charge in [0, 0.05) is 6.54 Å². The Balaban J connectivity index is 0.00000121. The van der Waals surface area contributed by atoms with E-state index in [9.17, 15) is 4.79 Å². The fourth-order valence-electron chi connectivity index (χ4n) is 1.41. The molecule has 72 valence electrons. The molecule has 1 aliphatic rings. The average Bonchev–Trinajstić information content (AvgIpc) is 2.29. The molecule has 1 atom stereocenters. The van der Waals surface area contributed by atoms with Gasteiger partial charge in [-0.15, -0.1) is 12.4 Å². The van der Waals surface area contributed by atoms with E-state index >= 15 is 0 Å². The lowest BCUT2D eigenvalue weighted by molar-refractivity contribution is -0.142. The molecule has 0 spiro atoms. The van der Waals surface area contributed by atoms with E-state index in [1.54, 1.807) is 0 Å². The van der Waals surface area contributed by atoms with Gasteiger partial charge in [0.05, 0.1) is 7.11 Å². The van der Waals surface area contributed by atoms with Crippen LogP contribution < -0.4 is 5.32 Å². The van der Waals surface area contributed by atoms with Crippen molar-refractivity contribution in [1.82, 2.24) is 5.32 Å². The highest BCUT2D eigenvalue weighted by Crippen LogP contribution is 2.27. The Morgan fingerprint density at radius 1 is 1.58 bits per heavy atom. The molecule has 0 aromatic heterocycles. The summed E-state index contributed by atoms with van der Waals surface area (Å²) in [6.07, 6.45) is 0.875. The van der Waals surface area contributed by atoms with Crippen LogP contribution in [0.2, 0.25) is 0 Å². The number of esters is 1. The summed E-state index contributed by atoms with van der Waals surface area (Å²) in [5.41, 5.74) is 0.235. The summed E-state index contributed by atoms with van der Waals surface area (Å²) < 4.78 is 4.63. The first-order valence-electron chi connectivity index (χ1n) is 3.86. The Kier molecular flexibility index (Phi) is 4.00. The van der Waals surface area contributed by atoms with Crippen LogP contribution in [0.4, 0.5) is 0 Å². The summed E-state index contributed by atoms with van der Waals surface area (Å²) in [6.45, 7) is 5.18. The van der Waals surface area contributed by atoms with Crippen LogP contribution in [0, 0.1) is 5.41 Å². The number of hydrogen-bond donors (Lipinski definition) is 1. The maximum Gasteiger partial charge on any atom is 0.322 e. The molecular formula is C8H16ClNO2. The van der Waals surface area contributed by atoms with Crippen molar-refractivity contribution >= 4 is 18.4 Å². The van der Waals surface area contributed by atoms with Crippen molar-refractivity contribution in [3.63, 3.8) is 0 Å². The van der Waals surface area contributed by atoms with Gasteiger partial charge in [-0.1, -0.05) is 13.8 Å². The third kappa shape index (κ3) is 2.64. The quantitative estimate of drug-likeness (QED) is 0.631. The van der Waals surface area contributed by atoms with Gasteiger partial charge in [0.2, 0.25) is 0 Å². The molecule has 4 heteroatoms. The molecule has 12 heavy (non-hydrogen) atoms. The normalized spacial score (nSPS) is 26.1. The lowest BCUT2D eigenvalue weighted by Gasteiger charge is -2.14. The van der Waals surface area contributed by atoms with E-state index in [0.29, 0.717) is 0 Å². The van der Waals surface area contributed by atoms with Crippen LogP contribution in [0.3, 0.4) is 0 Å². The van der Waals surface area contributed by atoms with E-state index in [1.807, 2.05) is 0 Å². The molecule has 0 aliphatic carbocycles. The van der Waals surface area contributed by atoms with Crippen molar-refractivity contribution in [2.24, 2.45) is 5.41 Å². The van der Waals surface area contributed by atoms with Crippen molar-refractivity contribution in [2.45, 2.75) is 26.3 Å². The first-order chi connectivity index (χ1) is 5.05. The minimum absolute atomic E-state index is 0. The van der Waals surface area contributed by atoms with Gasteiger partial charge in [-0.3, -0.25) is 4.79 Å². The molecule has 0 aromatic rings. The zero-order valence-electron chi connectivity index (χ0n) is 7.72. The Morgan fingerprint density at radius 3 is 2.50 bits per heavy atom. The molecule has 0 amide bonds. The minimum atomic E-state index is -0.143. The second-order valence-corrected chi connectivity index (χ2v) is 3.82. The summed E-state index contributed by atoms with van der Waals surface area (Å²) >= 11 is 0. The first kappa shape index (κ1) is 11.7. The van der Waals surface area contributed by atoms with Gasteiger partial charge in [-0.05, 0) is 11.8 Å². The number of methoxy groups -OCH3 is 1. The summed E-state index contributed by atoms with van der Waals surface area (Å²) in [6, 6.07) is -0.0880. The van der Waals surface area contributed by atoms with E-state index in [2.05, 4.69) is 23.9 Å². The van der Waals surface area contributed by atoms with Crippen LogP contribution in [0.1, 0.15) is 20.3 Å². The van der Waals surface area contributed by atoms with E-state index in [4.69, 9.17) is 0 Å². The smallest absolute Gasteiger partial charge is 0.322 e. The number of carbonyl (C=O) groups excluding carboxylic acids is 1. The molecule has 1 heterocycles. The molecule has 0 unspecified atom stereocenters. The molecule has 0 aromatic carbocycles. The van der Waals surface area contributed by atoms with Crippen molar-refractivity contribution in [3.8, 4) is 0 Å². The molecule has 0 radical (unpaired) electrons. The van der Waals surface area contributed by atoms with Crippen LogP contribution in [-0.2, 0) is 9.53 Å². The lowest BCUT2D eigenvalue weighted by Crippen LogP contribution is -2.31. The molecule has 0 bridgehead atoms. The van der Waals surface area contributed by atoms with E-state index in [-0.39, 0.29) is 29.8 Å². The fourth-order valence-corrected chi connectivity index (χ4v) is 1.41. The molecule has 1 N–H and O–H groups in total. The predicted octanol–water partition coefficient (Wildman–Crippen LogP) is 0.969. The Bertz CT molecular complexity index is 170. The van der Waals surface area contributed by atoms with Crippen molar-refractivity contribution in [1.29, 1.82) is 0 Å². The summed E-state index contributed by atoms with van der Waals surface area (Å²) in [4.78, 5) is 11.0. The number of carbonyl (C=O) groups is 1.